The van der Waals surface area contributed by atoms with Crippen LogP contribution in [-0.4, -0.2) is 38.4 Å². The third-order valence-electron chi connectivity index (χ3n) is 3.92. The monoisotopic (exact) mass is 361 g/mol. The zero-order valence-corrected chi connectivity index (χ0v) is 14.0. The molecule has 0 unspecified atom stereocenters. The summed E-state index contributed by atoms with van der Waals surface area (Å²) in [5, 5.41) is 3.19. The van der Waals surface area contributed by atoms with E-state index in [0.717, 1.165) is 0 Å². The summed E-state index contributed by atoms with van der Waals surface area (Å²) >= 11 is 6.17. The minimum Gasteiger partial charge on any atom is -0.486 e. The summed E-state index contributed by atoms with van der Waals surface area (Å²) in [4.78, 5) is 12.4. The maximum atomic E-state index is 12.4. The highest BCUT2D eigenvalue weighted by atomic mass is 35.5. The molecule has 7 heteroatoms. The molecule has 2 aromatic carbocycles. The van der Waals surface area contributed by atoms with Crippen LogP contribution in [0, 0.1) is 0 Å². The fourth-order valence-electron chi connectivity index (χ4n) is 2.71. The first-order valence-electron chi connectivity index (χ1n) is 7.96. The number of hydrogen-bond acceptors (Lipinski definition) is 5. The van der Waals surface area contributed by atoms with Crippen LogP contribution < -0.4 is 24.3 Å². The van der Waals surface area contributed by atoms with Gasteiger partial charge in [0.05, 0.1) is 11.6 Å². The summed E-state index contributed by atoms with van der Waals surface area (Å²) in [6.45, 7) is 1.57. The SMILES string of the molecule is O=C(NC[C@@H]1COc2ccccc2O1)c1cc(Cl)c2c(c1)OCCO2. The second-order valence-corrected chi connectivity index (χ2v) is 6.10. The zero-order chi connectivity index (χ0) is 17.2. The number of carbonyl (C=O) groups excluding carboxylic acids is 1. The van der Waals surface area contributed by atoms with E-state index in [1.54, 1.807) is 12.1 Å². The van der Waals surface area contributed by atoms with Crippen LogP contribution >= 0.6 is 11.6 Å². The Hall–Kier alpha value is -2.60. The molecule has 2 aromatic rings. The summed E-state index contributed by atoms with van der Waals surface area (Å²) in [6, 6.07) is 10.6. The molecule has 1 N–H and O–H groups in total. The Morgan fingerprint density at radius 2 is 1.88 bits per heavy atom. The molecule has 0 aliphatic carbocycles. The van der Waals surface area contributed by atoms with Gasteiger partial charge in [0.2, 0.25) is 0 Å². The van der Waals surface area contributed by atoms with Crippen LogP contribution in [0.15, 0.2) is 36.4 Å². The number of fused-ring (bicyclic) bond motifs is 2. The van der Waals surface area contributed by atoms with E-state index in [-0.39, 0.29) is 12.0 Å². The molecule has 1 atom stereocenters. The lowest BCUT2D eigenvalue weighted by atomic mass is 10.1. The van der Waals surface area contributed by atoms with Gasteiger partial charge >= 0.3 is 0 Å². The predicted molar refractivity (Wildman–Crippen MR) is 91.1 cm³/mol. The Kier molecular flexibility index (Phi) is 4.28. The summed E-state index contributed by atoms with van der Waals surface area (Å²) in [6.07, 6.45) is -0.258. The van der Waals surface area contributed by atoms with Crippen LogP contribution in [0.1, 0.15) is 10.4 Å². The predicted octanol–water partition coefficient (Wildman–Crippen LogP) is 2.68. The molecule has 0 saturated heterocycles. The Bertz CT molecular complexity index is 810. The number of amides is 1. The molecule has 0 bridgehead atoms. The van der Waals surface area contributed by atoms with Gasteiger partial charge in [-0.15, -0.1) is 0 Å². The molecule has 25 heavy (non-hydrogen) atoms. The van der Waals surface area contributed by atoms with Crippen molar-refractivity contribution in [2.75, 3.05) is 26.4 Å². The van der Waals surface area contributed by atoms with Crippen LogP contribution in [0.25, 0.3) is 0 Å². The fourth-order valence-corrected chi connectivity index (χ4v) is 2.98. The lowest BCUT2D eigenvalue weighted by Gasteiger charge is -2.26. The molecule has 6 nitrogen and oxygen atoms in total. The first-order valence-corrected chi connectivity index (χ1v) is 8.34. The molecule has 0 saturated carbocycles. The maximum absolute atomic E-state index is 12.4. The second-order valence-electron chi connectivity index (χ2n) is 5.69. The molecule has 0 fully saturated rings. The smallest absolute Gasteiger partial charge is 0.251 e. The van der Waals surface area contributed by atoms with Gasteiger partial charge < -0.3 is 24.3 Å². The Morgan fingerprint density at radius 1 is 1.08 bits per heavy atom. The summed E-state index contributed by atoms with van der Waals surface area (Å²) in [5.74, 6) is 2.08. The normalized spacial score (nSPS) is 17.7. The molecule has 1 amide bonds. The fraction of sp³-hybridized carbons (Fsp3) is 0.278. The van der Waals surface area contributed by atoms with Crippen LogP contribution in [0.5, 0.6) is 23.0 Å². The van der Waals surface area contributed by atoms with Gasteiger partial charge in [-0.05, 0) is 24.3 Å². The topological polar surface area (TPSA) is 66.0 Å². The van der Waals surface area contributed by atoms with Gasteiger partial charge in [0.25, 0.3) is 5.91 Å². The van der Waals surface area contributed by atoms with Gasteiger partial charge in [-0.25, -0.2) is 0 Å². The van der Waals surface area contributed by atoms with Gasteiger partial charge in [-0.2, -0.15) is 0 Å². The van der Waals surface area contributed by atoms with Crippen molar-refractivity contribution in [2.24, 2.45) is 0 Å². The second kappa shape index (κ2) is 6.72. The first kappa shape index (κ1) is 15.9. The van der Waals surface area contributed by atoms with E-state index in [1.165, 1.54) is 0 Å². The molecule has 2 aliphatic rings. The van der Waals surface area contributed by atoms with Gasteiger partial charge in [0.1, 0.15) is 25.9 Å². The first-order chi connectivity index (χ1) is 12.2. The van der Waals surface area contributed by atoms with Gasteiger partial charge in [0, 0.05) is 5.56 Å². The summed E-state index contributed by atoms with van der Waals surface area (Å²) < 4.78 is 22.4. The number of halogens is 1. The van der Waals surface area contributed by atoms with E-state index in [0.29, 0.717) is 59.9 Å². The minimum absolute atomic E-state index is 0.258. The molecule has 4 rings (SSSR count). The van der Waals surface area contributed by atoms with Gasteiger partial charge in [0.15, 0.2) is 23.0 Å². The van der Waals surface area contributed by atoms with Crippen molar-refractivity contribution >= 4 is 17.5 Å². The standard InChI is InChI=1S/C18H16ClNO5/c19-13-7-11(8-16-17(13)23-6-5-22-16)18(21)20-9-12-10-24-14-3-1-2-4-15(14)25-12/h1-4,7-8,12H,5-6,9-10H2,(H,20,21)/t12-/m1/s1. The van der Waals surface area contributed by atoms with Gasteiger partial charge in [-0.3, -0.25) is 4.79 Å². The molecular formula is C18H16ClNO5. The number of hydrogen-bond donors (Lipinski definition) is 1. The van der Waals surface area contributed by atoms with E-state index in [4.69, 9.17) is 30.5 Å². The highest BCUT2D eigenvalue weighted by Gasteiger charge is 2.23. The Morgan fingerprint density at radius 3 is 2.76 bits per heavy atom. The van der Waals surface area contributed by atoms with E-state index >= 15 is 0 Å². The highest BCUT2D eigenvalue weighted by molar-refractivity contribution is 6.32. The third kappa shape index (κ3) is 3.30. The number of ether oxygens (including phenoxy) is 4. The van der Waals surface area contributed by atoms with E-state index in [2.05, 4.69) is 5.32 Å². The van der Waals surface area contributed by atoms with Crippen LogP contribution in [0.3, 0.4) is 0 Å². The third-order valence-corrected chi connectivity index (χ3v) is 4.20. The van der Waals surface area contributed by atoms with E-state index in [1.807, 2.05) is 24.3 Å². The Balaban J connectivity index is 1.41. The largest absolute Gasteiger partial charge is 0.486 e. The van der Waals surface area contributed by atoms with Crippen LogP contribution in [-0.2, 0) is 0 Å². The molecule has 0 radical (unpaired) electrons. The number of rotatable bonds is 3. The number of carbonyl (C=O) groups is 1. The number of para-hydroxylation sites is 2. The average molecular weight is 362 g/mol. The van der Waals surface area contributed by atoms with Crippen molar-refractivity contribution in [3.63, 3.8) is 0 Å². The van der Waals surface area contributed by atoms with Crippen molar-refractivity contribution in [1.82, 2.24) is 5.32 Å². The molecule has 2 heterocycles. The van der Waals surface area contributed by atoms with E-state index < -0.39 is 0 Å². The number of nitrogens with one attached hydrogen (secondary N) is 1. The molecule has 0 spiro atoms. The molecule has 130 valence electrons. The van der Waals surface area contributed by atoms with Crippen LogP contribution in [0.4, 0.5) is 0 Å². The minimum atomic E-state index is -0.263. The highest BCUT2D eigenvalue weighted by Crippen LogP contribution is 2.38. The maximum Gasteiger partial charge on any atom is 0.251 e. The lowest BCUT2D eigenvalue weighted by Crippen LogP contribution is -2.40. The van der Waals surface area contributed by atoms with Crippen LogP contribution in [0.2, 0.25) is 5.02 Å². The van der Waals surface area contributed by atoms with Crippen molar-refractivity contribution in [3.8, 4) is 23.0 Å². The number of benzene rings is 2. The molecule has 0 aromatic heterocycles. The van der Waals surface area contributed by atoms with Crippen molar-refractivity contribution in [3.05, 3.63) is 47.0 Å². The van der Waals surface area contributed by atoms with E-state index in [9.17, 15) is 4.79 Å². The zero-order valence-electron chi connectivity index (χ0n) is 13.3. The molecular weight excluding hydrogens is 346 g/mol. The Labute approximate surface area is 149 Å². The quantitative estimate of drug-likeness (QED) is 0.910. The average Bonchev–Trinajstić information content (AvgIpc) is 2.66. The van der Waals surface area contributed by atoms with Crippen molar-refractivity contribution in [1.29, 1.82) is 0 Å². The summed E-state index contributed by atoms with van der Waals surface area (Å²) in [7, 11) is 0. The molecule has 2 aliphatic heterocycles. The van der Waals surface area contributed by atoms with Crippen molar-refractivity contribution < 1.29 is 23.7 Å². The van der Waals surface area contributed by atoms with Gasteiger partial charge in [-0.1, -0.05) is 23.7 Å². The summed E-state index contributed by atoms with van der Waals surface area (Å²) in [5.41, 5.74) is 0.409. The van der Waals surface area contributed by atoms with Crippen molar-refractivity contribution in [2.45, 2.75) is 6.10 Å². The lowest BCUT2D eigenvalue weighted by molar-refractivity contribution is 0.0788.